The SMILES string of the molecule is Cc1cccc(C)c1OCC(=O)Nc1cccnc1Nc1ccc(O)cc1. The van der Waals surface area contributed by atoms with Gasteiger partial charge in [0, 0.05) is 11.9 Å². The number of hydrogen-bond donors (Lipinski definition) is 3. The molecule has 0 atom stereocenters. The van der Waals surface area contributed by atoms with Gasteiger partial charge in [0.05, 0.1) is 5.69 Å². The Morgan fingerprint density at radius 1 is 1.04 bits per heavy atom. The molecule has 0 saturated heterocycles. The molecule has 3 aromatic rings. The van der Waals surface area contributed by atoms with E-state index in [-0.39, 0.29) is 18.3 Å². The number of benzene rings is 2. The molecule has 2 aromatic carbocycles. The van der Waals surface area contributed by atoms with Crippen molar-refractivity contribution in [2.45, 2.75) is 13.8 Å². The van der Waals surface area contributed by atoms with Crippen molar-refractivity contribution in [3.05, 3.63) is 71.9 Å². The number of carbonyl (C=O) groups excluding carboxylic acids is 1. The van der Waals surface area contributed by atoms with E-state index in [1.165, 1.54) is 0 Å². The predicted octanol–water partition coefficient (Wildman–Crippen LogP) is 4.17. The average Bonchev–Trinajstić information content (AvgIpc) is 2.65. The number of aryl methyl sites for hydroxylation is 2. The second-order valence-electron chi connectivity index (χ2n) is 6.13. The third-order valence-corrected chi connectivity index (χ3v) is 3.97. The first-order valence-corrected chi connectivity index (χ1v) is 8.53. The fourth-order valence-corrected chi connectivity index (χ4v) is 2.64. The quantitative estimate of drug-likeness (QED) is 0.573. The molecule has 0 radical (unpaired) electrons. The van der Waals surface area contributed by atoms with Gasteiger partial charge in [-0.1, -0.05) is 18.2 Å². The summed E-state index contributed by atoms with van der Waals surface area (Å²) in [5.41, 5.74) is 3.26. The van der Waals surface area contributed by atoms with E-state index in [2.05, 4.69) is 15.6 Å². The maximum atomic E-state index is 12.3. The van der Waals surface area contributed by atoms with Crippen molar-refractivity contribution in [2.24, 2.45) is 0 Å². The zero-order chi connectivity index (χ0) is 19.2. The monoisotopic (exact) mass is 363 g/mol. The predicted molar refractivity (Wildman–Crippen MR) is 106 cm³/mol. The van der Waals surface area contributed by atoms with E-state index in [1.807, 2.05) is 32.0 Å². The van der Waals surface area contributed by atoms with Crippen LogP contribution in [-0.4, -0.2) is 22.6 Å². The number of rotatable bonds is 6. The molecule has 0 aliphatic carbocycles. The molecule has 3 rings (SSSR count). The first-order valence-electron chi connectivity index (χ1n) is 8.53. The number of phenolic OH excluding ortho intramolecular Hbond substituents is 1. The van der Waals surface area contributed by atoms with Crippen LogP contribution < -0.4 is 15.4 Å². The van der Waals surface area contributed by atoms with Gasteiger partial charge in [-0.3, -0.25) is 4.79 Å². The first kappa shape index (κ1) is 18.3. The number of anilines is 3. The van der Waals surface area contributed by atoms with Crippen molar-refractivity contribution < 1.29 is 14.6 Å². The highest BCUT2D eigenvalue weighted by molar-refractivity contribution is 5.95. The van der Waals surface area contributed by atoms with Gasteiger partial charge < -0.3 is 20.5 Å². The molecule has 0 unspecified atom stereocenters. The zero-order valence-electron chi connectivity index (χ0n) is 15.2. The zero-order valence-corrected chi connectivity index (χ0v) is 15.2. The molecular weight excluding hydrogens is 342 g/mol. The number of nitrogens with one attached hydrogen (secondary N) is 2. The van der Waals surface area contributed by atoms with Crippen molar-refractivity contribution in [1.29, 1.82) is 0 Å². The molecule has 0 bridgehead atoms. The summed E-state index contributed by atoms with van der Waals surface area (Å²) in [6.07, 6.45) is 1.63. The Bertz CT molecular complexity index is 919. The standard InChI is InChI=1S/C21H21N3O3/c1-14-5-3-6-15(2)20(14)27-13-19(26)24-18-7-4-12-22-21(18)23-16-8-10-17(25)11-9-16/h3-12,25H,13H2,1-2H3,(H,22,23)(H,24,26). The summed E-state index contributed by atoms with van der Waals surface area (Å²) >= 11 is 0. The molecule has 0 spiro atoms. The highest BCUT2D eigenvalue weighted by Crippen LogP contribution is 2.25. The Morgan fingerprint density at radius 3 is 2.44 bits per heavy atom. The van der Waals surface area contributed by atoms with Gasteiger partial charge in [0.25, 0.3) is 5.91 Å². The molecule has 0 aliphatic rings. The molecule has 6 heteroatoms. The minimum absolute atomic E-state index is 0.0980. The minimum Gasteiger partial charge on any atom is -0.508 e. The summed E-state index contributed by atoms with van der Waals surface area (Å²) in [4.78, 5) is 16.6. The number of amides is 1. The maximum Gasteiger partial charge on any atom is 0.262 e. The van der Waals surface area contributed by atoms with E-state index < -0.39 is 0 Å². The van der Waals surface area contributed by atoms with Crippen LogP contribution in [0.3, 0.4) is 0 Å². The number of hydrogen-bond acceptors (Lipinski definition) is 5. The average molecular weight is 363 g/mol. The first-order chi connectivity index (χ1) is 13.0. The fourth-order valence-electron chi connectivity index (χ4n) is 2.64. The lowest BCUT2D eigenvalue weighted by Crippen LogP contribution is -2.21. The topological polar surface area (TPSA) is 83.5 Å². The van der Waals surface area contributed by atoms with Crippen LogP contribution in [0.25, 0.3) is 0 Å². The Labute approximate surface area is 157 Å². The van der Waals surface area contributed by atoms with Crippen LogP contribution in [0.2, 0.25) is 0 Å². The Hall–Kier alpha value is -3.54. The van der Waals surface area contributed by atoms with Crippen LogP contribution in [-0.2, 0) is 4.79 Å². The van der Waals surface area contributed by atoms with Crippen LogP contribution in [0.15, 0.2) is 60.8 Å². The summed E-state index contributed by atoms with van der Waals surface area (Å²) in [5.74, 6) is 1.13. The van der Waals surface area contributed by atoms with E-state index in [1.54, 1.807) is 42.6 Å². The smallest absolute Gasteiger partial charge is 0.262 e. The van der Waals surface area contributed by atoms with E-state index in [0.29, 0.717) is 11.5 Å². The van der Waals surface area contributed by atoms with Gasteiger partial charge in [-0.2, -0.15) is 0 Å². The largest absolute Gasteiger partial charge is 0.508 e. The summed E-state index contributed by atoms with van der Waals surface area (Å²) in [6, 6.07) is 15.9. The molecular formula is C21H21N3O3. The summed E-state index contributed by atoms with van der Waals surface area (Å²) in [7, 11) is 0. The van der Waals surface area contributed by atoms with Crippen LogP contribution >= 0.6 is 0 Å². The van der Waals surface area contributed by atoms with E-state index in [9.17, 15) is 9.90 Å². The minimum atomic E-state index is -0.278. The molecule has 0 fully saturated rings. The molecule has 0 saturated carbocycles. The number of carbonyl (C=O) groups is 1. The van der Waals surface area contributed by atoms with Gasteiger partial charge in [-0.15, -0.1) is 0 Å². The molecule has 1 aromatic heterocycles. The van der Waals surface area contributed by atoms with Crippen molar-refractivity contribution in [3.8, 4) is 11.5 Å². The van der Waals surface area contributed by atoms with E-state index in [0.717, 1.165) is 22.6 Å². The fraction of sp³-hybridized carbons (Fsp3) is 0.143. The summed E-state index contributed by atoms with van der Waals surface area (Å²) in [5, 5.41) is 15.3. The molecule has 6 nitrogen and oxygen atoms in total. The van der Waals surface area contributed by atoms with Gasteiger partial charge in [0.1, 0.15) is 11.5 Å². The number of para-hydroxylation sites is 1. The van der Waals surface area contributed by atoms with Crippen LogP contribution in [0, 0.1) is 13.8 Å². The highest BCUT2D eigenvalue weighted by Gasteiger charge is 2.11. The van der Waals surface area contributed by atoms with Crippen LogP contribution in [0.1, 0.15) is 11.1 Å². The second kappa shape index (κ2) is 8.23. The number of ether oxygens (including phenoxy) is 1. The lowest BCUT2D eigenvalue weighted by atomic mass is 10.1. The number of aromatic nitrogens is 1. The van der Waals surface area contributed by atoms with Gasteiger partial charge in [-0.05, 0) is 61.4 Å². The molecule has 0 aliphatic heterocycles. The normalized spacial score (nSPS) is 10.3. The summed E-state index contributed by atoms with van der Waals surface area (Å²) < 4.78 is 5.69. The number of nitrogens with zero attached hydrogens (tertiary/aromatic N) is 1. The van der Waals surface area contributed by atoms with Crippen molar-refractivity contribution in [1.82, 2.24) is 4.98 Å². The van der Waals surface area contributed by atoms with E-state index >= 15 is 0 Å². The molecule has 1 amide bonds. The third-order valence-electron chi connectivity index (χ3n) is 3.97. The van der Waals surface area contributed by atoms with Gasteiger partial charge in [0.2, 0.25) is 0 Å². The Balaban J connectivity index is 1.66. The van der Waals surface area contributed by atoms with Crippen LogP contribution in [0.4, 0.5) is 17.2 Å². The number of aromatic hydroxyl groups is 1. The lowest BCUT2D eigenvalue weighted by Gasteiger charge is -2.14. The lowest BCUT2D eigenvalue weighted by molar-refractivity contribution is -0.118. The Kier molecular flexibility index (Phi) is 5.56. The van der Waals surface area contributed by atoms with Crippen molar-refractivity contribution in [3.63, 3.8) is 0 Å². The Morgan fingerprint density at radius 2 is 1.74 bits per heavy atom. The highest BCUT2D eigenvalue weighted by atomic mass is 16.5. The second-order valence-corrected chi connectivity index (χ2v) is 6.13. The van der Waals surface area contributed by atoms with Gasteiger partial charge in [0.15, 0.2) is 12.4 Å². The molecule has 27 heavy (non-hydrogen) atoms. The third kappa shape index (κ3) is 4.76. The van der Waals surface area contributed by atoms with Gasteiger partial charge in [-0.25, -0.2) is 4.98 Å². The number of phenols is 1. The molecule has 1 heterocycles. The van der Waals surface area contributed by atoms with Gasteiger partial charge >= 0.3 is 0 Å². The molecule has 138 valence electrons. The summed E-state index contributed by atoms with van der Waals surface area (Å²) in [6.45, 7) is 3.79. The van der Waals surface area contributed by atoms with Crippen molar-refractivity contribution >= 4 is 23.1 Å². The van der Waals surface area contributed by atoms with E-state index in [4.69, 9.17) is 4.74 Å². The maximum absolute atomic E-state index is 12.3. The molecule has 3 N–H and O–H groups in total. The van der Waals surface area contributed by atoms with Crippen LogP contribution in [0.5, 0.6) is 11.5 Å². The van der Waals surface area contributed by atoms with Crippen molar-refractivity contribution in [2.75, 3.05) is 17.2 Å². The number of pyridine rings is 1.